The maximum absolute atomic E-state index is 12.3. The van der Waals surface area contributed by atoms with Crippen LogP contribution in [0.25, 0.3) is 6.08 Å². The van der Waals surface area contributed by atoms with Crippen molar-refractivity contribution in [3.05, 3.63) is 76.7 Å². The molecule has 0 radical (unpaired) electrons. The number of carbonyl (C=O) groups excluding carboxylic acids is 2. The SMILES string of the molecule is CC(=O)N1N=C(N=C2NC(=O)/C(=C/c3ccccc3)S2)SC1(C)c1ccccc1. The minimum Gasteiger partial charge on any atom is -0.300 e. The average Bonchev–Trinajstić information content (AvgIpc) is 3.23. The minimum atomic E-state index is -0.692. The van der Waals surface area contributed by atoms with Crippen LogP contribution in [0.2, 0.25) is 0 Å². The number of nitrogens with one attached hydrogen (secondary N) is 1. The van der Waals surface area contributed by atoms with E-state index in [1.165, 1.54) is 35.5 Å². The van der Waals surface area contributed by atoms with E-state index in [4.69, 9.17) is 0 Å². The lowest BCUT2D eigenvalue weighted by Crippen LogP contribution is -2.37. The molecule has 2 aromatic carbocycles. The number of rotatable bonds is 2. The van der Waals surface area contributed by atoms with Gasteiger partial charge in [0, 0.05) is 6.92 Å². The van der Waals surface area contributed by atoms with E-state index in [2.05, 4.69) is 15.4 Å². The van der Waals surface area contributed by atoms with Crippen LogP contribution in [0.1, 0.15) is 25.0 Å². The van der Waals surface area contributed by atoms with E-state index in [0.717, 1.165) is 11.1 Å². The normalized spacial score (nSPS) is 24.1. The van der Waals surface area contributed by atoms with Crippen LogP contribution in [-0.4, -0.2) is 27.2 Å². The van der Waals surface area contributed by atoms with Crippen LogP contribution in [0.4, 0.5) is 0 Å². The number of amidine groups is 2. The fraction of sp³-hybridized carbons (Fsp3) is 0.143. The smallest absolute Gasteiger partial charge is 0.264 e. The van der Waals surface area contributed by atoms with E-state index >= 15 is 0 Å². The summed E-state index contributed by atoms with van der Waals surface area (Å²) in [6.45, 7) is 3.42. The Bertz CT molecular complexity index is 1050. The molecule has 0 aliphatic carbocycles. The molecule has 1 atom stereocenters. The molecule has 1 fully saturated rings. The zero-order valence-corrected chi connectivity index (χ0v) is 17.5. The topological polar surface area (TPSA) is 74.1 Å². The van der Waals surface area contributed by atoms with Gasteiger partial charge < -0.3 is 5.32 Å². The number of hydrogen-bond donors (Lipinski definition) is 1. The van der Waals surface area contributed by atoms with Gasteiger partial charge in [0.25, 0.3) is 5.91 Å². The van der Waals surface area contributed by atoms with Crippen LogP contribution in [-0.2, 0) is 14.5 Å². The standard InChI is InChI=1S/C21H18N4O2S2/c1-14(26)25-21(2,16-11-7-4-8-12-16)29-20(24-25)23-19-22-18(27)17(28-19)13-15-9-5-3-6-10-15/h3-13H,1-2H3,(H,22,23,24,27)/b17-13-. The van der Waals surface area contributed by atoms with Crippen LogP contribution < -0.4 is 5.32 Å². The van der Waals surface area contributed by atoms with Crippen molar-refractivity contribution in [1.82, 2.24) is 10.3 Å². The lowest BCUT2D eigenvalue weighted by Gasteiger charge is -2.30. The molecule has 0 bridgehead atoms. The van der Waals surface area contributed by atoms with Crippen molar-refractivity contribution in [3.8, 4) is 0 Å². The summed E-state index contributed by atoms with van der Waals surface area (Å²) in [6, 6.07) is 19.3. The van der Waals surface area contributed by atoms with Gasteiger partial charge in [0.05, 0.1) is 4.91 Å². The van der Waals surface area contributed by atoms with Crippen molar-refractivity contribution in [2.45, 2.75) is 18.7 Å². The van der Waals surface area contributed by atoms with E-state index < -0.39 is 4.87 Å². The summed E-state index contributed by atoms with van der Waals surface area (Å²) in [5.74, 6) is -0.373. The number of nitrogens with zero attached hydrogens (tertiary/aromatic N) is 3. The summed E-state index contributed by atoms with van der Waals surface area (Å²) >= 11 is 2.64. The van der Waals surface area contributed by atoms with Gasteiger partial charge in [-0.2, -0.15) is 4.99 Å². The molecule has 0 spiro atoms. The molecule has 1 N–H and O–H groups in total. The molecule has 1 unspecified atom stereocenters. The molecule has 2 amide bonds. The number of carbonyl (C=O) groups is 2. The summed E-state index contributed by atoms with van der Waals surface area (Å²) in [6.07, 6.45) is 1.82. The van der Waals surface area contributed by atoms with Gasteiger partial charge >= 0.3 is 0 Å². The van der Waals surface area contributed by atoms with Crippen molar-refractivity contribution in [2.24, 2.45) is 10.1 Å². The molecule has 0 aromatic heterocycles. The second-order valence-electron chi connectivity index (χ2n) is 6.56. The molecular weight excluding hydrogens is 404 g/mol. The molecule has 1 saturated heterocycles. The van der Waals surface area contributed by atoms with Gasteiger partial charge in [-0.1, -0.05) is 60.7 Å². The zero-order chi connectivity index (χ0) is 20.4. The highest BCUT2D eigenvalue weighted by molar-refractivity contribution is 8.19. The maximum Gasteiger partial charge on any atom is 0.264 e. The summed E-state index contributed by atoms with van der Waals surface area (Å²) in [7, 11) is 0. The Morgan fingerprint density at radius 3 is 2.45 bits per heavy atom. The van der Waals surface area contributed by atoms with Crippen LogP contribution in [0.15, 0.2) is 75.7 Å². The van der Waals surface area contributed by atoms with Gasteiger partial charge in [-0.3, -0.25) is 9.59 Å². The zero-order valence-electron chi connectivity index (χ0n) is 15.8. The van der Waals surface area contributed by atoms with E-state index in [1.807, 2.05) is 73.7 Å². The Kier molecular flexibility index (Phi) is 5.29. The molecular formula is C21H18N4O2S2. The highest BCUT2D eigenvalue weighted by Crippen LogP contribution is 2.46. The summed E-state index contributed by atoms with van der Waals surface area (Å²) < 4.78 is 0. The second-order valence-corrected chi connectivity index (χ2v) is 8.95. The second kappa shape index (κ2) is 7.88. The van der Waals surface area contributed by atoms with Crippen molar-refractivity contribution >= 4 is 51.7 Å². The number of benzene rings is 2. The maximum atomic E-state index is 12.3. The summed E-state index contributed by atoms with van der Waals surface area (Å²) in [4.78, 5) is 28.9. The Labute approximate surface area is 177 Å². The fourth-order valence-electron chi connectivity index (χ4n) is 3.04. The first kappa shape index (κ1) is 19.5. The molecule has 2 aliphatic heterocycles. The Hall–Kier alpha value is -2.84. The van der Waals surface area contributed by atoms with Crippen LogP contribution in [0, 0.1) is 0 Å². The molecule has 6 nitrogen and oxygen atoms in total. The quantitative estimate of drug-likeness (QED) is 0.743. The lowest BCUT2D eigenvalue weighted by atomic mass is 10.1. The third-order valence-electron chi connectivity index (χ3n) is 4.43. The lowest BCUT2D eigenvalue weighted by molar-refractivity contribution is -0.131. The fourth-order valence-corrected chi connectivity index (χ4v) is 5.04. The molecule has 29 heavy (non-hydrogen) atoms. The van der Waals surface area contributed by atoms with Gasteiger partial charge in [-0.25, -0.2) is 5.01 Å². The number of amides is 2. The van der Waals surface area contributed by atoms with Crippen molar-refractivity contribution < 1.29 is 9.59 Å². The van der Waals surface area contributed by atoms with Crippen molar-refractivity contribution in [1.29, 1.82) is 0 Å². The molecule has 4 rings (SSSR count). The van der Waals surface area contributed by atoms with Gasteiger partial charge in [0.15, 0.2) is 5.17 Å². The monoisotopic (exact) mass is 422 g/mol. The highest BCUT2D eigenvalue weighted by atomic mass is 32.2. The first-order valence-electron chi connectivity index (χ1n) is 8.94. The van der Waals surface area contributed by atoms with Gasteiger partial charge in [0.1, 0.15) is 4.87 Å². The first-order valence-corrected chi connectivity index (χ1v) is 10.6. The van der Waals surface area contributed by atoms with Crippen LogP contribution >= 0.6 is 23.5 Å². The predicted molar refractivity (Wildman–Crippen MR) is 119 cm³/mol. The number of hydrogen-bond acceptors (Lipinski definition) is 6. The summed E-state index contributed by atoms with van der Waals surface area (Å²) in [5, 5.41) is 9.49. The number of aliphatic imine (C=N–C) groups is 1. The van der Waals surface area contributed by atoms with E-state index in [1.54, 1.807) is 0 Å². The van der Waals surface area contributed by atoms with E-state index in [-0.39, 0.29) is 11.8 Å². The van der Waals surface area contributed by atoms with Gasteiger partial charge in [0.2, 0.25) is 11.1 Å². The molecule has 2 aliphatic rings. The Morgan fingerprint density at radius 2 is 1.79 bits per heavy atom. The number of thioether (sulfide) groups is 2. The summed E-state index contributed by atoms with van der Waals surface area (Å²) in [5.41, 5.74) is 1.89. The molecule has 2 heterocycles. The highest BCUT2D eigenvalue weighted by Gasteiger charge is 2.44. The molecule has 8 heteroatoms. The Morgan fingerprint density at radius 1 is 1.14 bits per heavy atom. The van der Waals surface area contributed by atoms with Crippen LogP contribution in [0.5, 0.6) is 0 Å². The first-order chi connectivity index (χ1) is 14.0. The van der Waals surface area contributed by atoms with E-state index in [9.17, 15) is 9.59 Å². The predicted octanol–water partition coefficient (Wildman–Crippen LogP) is 3.99. The minimum absolute atomic E-state index is 0.174. The molecule has 0 saturated carbocycles. The van der Waals surface area contributed by atoms with Gasteiger partial charge in [-0.05, 0) is 47.7 Å². The average molecular weight is 423 g/mol. The third kappa shape index (κ3) is 3.99. The third-order valence-corrected chi connectivity index (χ3v) is 6.50. The molecule has 2 aromatic rings. The van der Waals surface area contributed by atoms with E-state index in [0.29, 0.717) is 15.2 Å². The van der Waals surface area contributed by atoms with Crippen molar-refractivity contribution in [3.63, 3.8) is 0 Å². The largest absolute Gasteiger partial charge is 0.300 e. The molecule has 146 valence electrons. The number of hydrazone groups is 1. The van der Waals surface area contributed by atoms with Crippen molar-refractivity contribution in [2.75, 3.05) is 0 Å². The van der Waals surface area contributed by atoms with Crippen LogP contribution in [0.3, 0.4) is 0 Å². The van der Waals surface area contributed by atoms with Gasteiger partial charge in [-0.15, -0.1) is 5.10 Å². The Balaban J connectivity index is 1.59.